The van der Waals surface area contributed by atoms with E-state index in [-0.39, 0.29) is 10.8 Å². The first kappa shape index (κ1) is 11.0. The van der Waals surface area contributed by atoms with Crippen LogP contribution in [0.15, 0.2) is 0 Å². The van der Waals surface area contributed by atoms with Gasteiger partial charge in [0.1, 0.15) is 0 Å². The Morgan fingerprint density at radius 2 is 1.07 bits per heavy atom. The summed E-state index contributed by atoms with van der Waals surface area (Å²) < 4.78 is 0. The van der Waals surface area contributed by atoms with Crippen LogP contribution in [0.25, 0.3) is 0 Å². The summed E-state index contributed by atoms with van der Waals surface area (Å²) in [6.45, 7) is 12.4. The van der Waals surface area contributed by atoms with E-state index in [4.69, 9.17) is 0 Å². The lowest BCUT2D eigenvalue weighted by molar-refractivity contribution is 0.470. The first-order chi connectivity index (χ1) is 6.21. The SMILES string of the molecule is CC(C)(C)c1nnnc(C(C)(C)C)n1. The third kappa shape index (κ3) is 2.47. The smallest absolute Gasteiger partial charge is 0.160 e. The van der Waals surface area contributed by atoms with E-state index in [9.17, 15) is 0 Å². The maximum Gasteiger partial charge on any atom is 0.160 e. The highest BCUT2D eigenvalue weighted by Crippen LogP contribution is 2.21. The minimum absolute atomic E-state index is 0.0735. The van der Waals surface area contributed by atoms with Crippen molar-refractivity contribution < 1.29 is 0 Å². The van der Waals surface area contributed by atoms with Gasteiger partial charge in [-0.1, -0.05) is 41.5 Å². The first-order valence-corrected chi connectivity index (χ1v) is 4.79. The van der Waals surface area contributed by atoms with E-state index in [1.165, 1.54) is 0 Å². The molecule has 4 heteroatoms. The molecule has 0 aliphatic carbocycles. The zero-order valence-corrected chi connectivity index (χ0v) is 9.79. The Balaban J connectivity index is 3.15. The molecule has 1 rings (SSSR count). The molecule has 4 nitrogen and oxygen atoms in total. The van der Waals surface area contributed by atoms with Crippen LogP contribution in [-0.2, 0) is 10.8 Å². The molecule has 0 bridgehead atoms. The summed E-state index contributed by atoms with van der Waals surface area (Å²) in [5, 5.41) is 11.7. The van der Waals surface area contributed by atoms with Gasteiger partial charge in [-0.05, 0) is 5.21 Å². The van der Waals surface area contributed by atoms with Crippen LogP contribution >= 0.6 is 0 Å². The van der Waals surface area contributed by atoms with Crippen molar-refractivity contribution in [3.63, 3.8) is 0 Å². The molecule has 0 amide bonds. The number of aromatic nitrogens is 4. The predicted octanol–water partition coefficient (Wildman–Crippen LogP) is 1.86. The van der Waals surface area contributed by atoms with Gasteiger partial charge < -0.3 is 0 Å². The van der Waals surface area contributed by atoms with Gasteiger partial charge in [0.05, 0.1) is 0 Å². The van der Waals surface area contributed by atoms with Gasteiger partial charge in [0.2, 0.25) is 0 Å². The van der Waals surface area contributed by atoms with Crippen molar-refractivity contribution in [1.29, 1.82) is 0 Å². The van der Waals surface area contributed by atoms with Crippen LogP contribution in [0.2, 0.25) is 0 Å². The van der Waals surface area contributed by atoms with Crippen LogP contribution in [0.3, 0.4) is 0 Å². The van der Waals surface area contributed by atoms with Crippen LogP contribution < -0.4 is 0 Å². The molecule has 0 N–H and O–H groups in total. The predicted molar refractivity (Wildman–Crippen MR) is 55.0 cm³/mol. The van der Waals surface area contributed by atoms with Crippen molar-refractivity contribution in [3.8, 4) is 0 Å². The molecule has 14 heavy (non-hydrogen) atoms. The van der Waals surface area contributed by atoms with Crippen molar-refractivity contribution in [1.82, 2.24) is 20.4 Å². The van der Waals surface area contributed by atoms with Gasteiger partial charge in [0, 0.05) is 10.8 Å². The Labute approximate surface area is 85.2 Å². The molecule has 0 fully saturated rings. The molecule has 0 aliphatic heterocycles. The highest BCUT2D eigenvalue weighted by molar-refractivity contribution is 5.05. The monoisotopic (exact) mass is 194 g/mol. The Hall–Kier alpha value is -1.06. The third-order valence-electron chi connectivity index (χ3n) is 1.83. The zero-order valence-electron chi connectivity index (χ0n) is 9.79. The maximum absolute atomic E-state index is 4.43. The number of hydrogen-bond donors (Lipinski definition) is 0. The number of hydrogen-bond acceptors (Lipinski definition) is 4. The molecule has 0 unspecified atom stereocenters. The topological polar surface area (TPSA) is 51.6 Å². The van der Waals surface area contributed by atoms with Crippen molar-refractivity contribution in [3.05, 3.63) is 11.6 Å². The molecular weight excluding hydrogens is 176 g/mol. The van der Waals surface area contributed by atoms with Crippen molar-refractivity contribution in [2.24, 2.45) is 0 Å². The van der Waals surface area contributed by atoms with E-state index in [2.05, 4.69) is 61.9 Å². The Morgan fingerprint density at radius 1 is 0.714 bits per heavy atom. The molecule has 0 atom stereocenters. The van der Waals surface area contributed by atoms with Crippen LogP contribution in [0.5, 0.6) is 0 Å². The molecule has 0 saturated heterocycles. The Kier molecular flexibility index (Phi) is 2.56. The number of nitrogens with zero attached hydrogens (tertiary/aromatic N) is 4. The molecule has 78 valence electrons. The normalized spacial score (nSPS) is 13.0. The summed E-state index contributed by atoms with van der Waals surface area (Å²) in [6.07, 6.45) is 0. The van der Waals surface area contributed by atoms with E-state index < -0.39 is 0 Å². The molecule has 0 saturated carbocycles. The van der Waals surface area contributed by atoms with E-state index in [0.29, 0.717) is 0 Å². The fourth-order valence-electron chi connectivity index (χ4n) is 0.888. The lowest BCUT2D eigenvalue weighted by Crippen LogP contribution is -2.24. The highest BCUT2D eigenvalue weighted by atomic mass is 15.4. The minimum atomic E-state index is -0.0735. The summed E-state index contributed by atoms with van der Waals surface area (Å²) in [5.41, 5.74) is -0.147. The zero-order chi connectivity index (χ0) is 11.0. The van der Waals surface area contributed by atoms with E-state index in [0.717, 1.165) is 11.6 Å². The van der Waals surface area contributed by atoms with Gasteiger partial charge in [-0.15, -0.1) is 10.2 Å². The van der Waals surface area contributed by atoms with Gasteiger partial charge in [0.15, 0.2) is 11.6 Å². The highest BCUT2D eigenvalue weighted by Gasteiger charge is 2.23. The van der Waals surface area contributed by atoms with E-state index in [1.54, 1.807) is 0 Å². The van der Waals surface area contributed by atoms with Crippen LogP contribution in [0.4, 0.5) is 0 Å². The molecule has 1 heterocycles. The van der Waals surface area contributed by atoms with Crippen LogP contribution in [0.1, 0.15) is 53.2 Å². The lowest BCUT2D eigenvalue weighted by atomic mass is 9.93. The fourth-order valence-corrected chi connectivity index (χ4v) is 0.888. The first-order valence-electron chi connectivity index (χ1n) is 4.79. The standard InChI is InChI=1S/C10H18N4/c1-9(2,3)7-11-8(10(4,5)6)13-14-12-7/h1-6H3. The fraction of sp³-hybridized carbons (Fsp3) is 0.800. The second-order valence-corrected chi connectivity index (χ2v) is 5.55. The average Bonchev–Trinajstić information content (AvgIpc) is 2.01. The molecule has 0 radical (unpaired) electrons. The van der Waals surface area contributed by atoms with Crippen molar-refractivity contribution in [2.45, 2.75) is 52.4 Å². The molecular formula is C10H18N4. The quantitative estimate of drug-likeness (QED) is 0.632. The molecule has 0 aromatic carbocycles. The summed E-state index contributed by atoms with van der Waals surface area (Å²) in [4.78, 5) is 4.43. The largest absolute Gasteiger partial charge is 0.213 e. The van der Waals surface area contributed by atoms with E-state index in [1.807, 2.05) is 0 Å². The lowest BCUT2D eigenvalue weighted by Gasteiger charge is -2.19. The second kappa shape index (κ2) is 3.26. The van der Waals surface area contributed by atoms with Gasteiger partial charge >= 0.3 is 0 Å². The average molecular weight is 194 g/mol. The maximum atomic E-state index is 4.43. The Bertz CT molecular complexity index is 290. The van der Waals surface area contributed by atoms with Gasteiger partial charge in [-0.3, -0.25) is 0 Å². The van der Waals surface area contributed by atoms with Crippen LogP contribution in [0, 0.1) is 0 Å². The number of rotatable bonds is 0. The summed E-state index contributed by atoms with van der Waals surface area (Å²) in [7, 11) is 0. The van der Waals surface area contributed by atoms with Crippen LogP contribution in [-0.4, -0.2) is 20.4 Å². The molecule has 1 aromatic heterocycles. The van der Waals surface area contributed by atoms with Gasteiger partial charge in [-0.2, -0.15) is 0 Å². The second-order valence-electron chi connectivity index (χ2n) is 5.55. The van der Waals surface area contributed by atoms with Crippen molar-refractivity contribution in [2.75, 3.05) is 0 Å². The summed E-state index contributed by atoms with van der Waals surface area (Å²) in [6, 6.07) is 0. The third-order valence-corrected chi connectivity index (χ3v) is 1.83. The molecule has 1 aromatic rings. The van der Waals surface area contributed by atoms with Gasteiger partial charge in [-0.25, -0.2) is 4.98 Å². The summed E-state index contributed by atoms with van der Waals surface area (Å²) >= 11 is 0. The Morgan fingerprint density at radius 3 is 1.36 bits per heavy atom. The summed E-state index contributed by atoms with van der Waals surface area (Å²) in [5.74, 6) is 1.50. The van der Waals surface area contributed by atoms with Gasteiger partial charge in [0.25, 0.3) is 0 Å². The van der Waals surface area contributed by atoms with E-state index >= 15 is 0 Å². The van der Waals surface area contributed by atoms with Crippen molar-refractivity contribution >= 4 is 0 Å². The minimum Gasteiger partial charge on any atom is -0.213 e. The molecule has 0 aliphatic rings. The molecule has 0 spiro atoms.